The molecule has 19 heavy (non-hydrogen) atoms. The maximum Gasteiger partial charge on any atom is 0.128 e. The zero-order valence-electron chi connectivity index (χ0n) is 12.1. The Hall–Kier alpha value is -0.930. The molecule has 0 saturated carbocycles. The van der Waals surface area contributed by atoms with Crippen molar-refractivity contribution in [3.63, 3.8) is 0 Å². The zero-order valence-corrected chi connectivity index (χ0v) is 12.1. The molecule has 0 spiro atoms. The van der Waals surface area contributed by atoms with Crippen LogP contribution >= 0.6 is 0 Å². The second-order valence-electron chi connectivity index (χ2n) is 6.11. The number of rotatable bonds is 4. The Labute approximate surface area is 115 Å². The van der Waals surface area contributed by atoms with Gasteiger partial charge in [-0.2, -0.15) is 0 Å². The van der Waals surface area contributed by atoms with E-state index >= 15 is 0 Å². The minimum Gasteiger partial charge on any atom is -0.326 e. The minimum absolute atomic E-state index is 0.00931. The quantitative estimate of drug-likeness (QED) is 0.905. The van der Waals surface area contributed by atoms with Gasteiger partial charge in [0.15, 0.2) is 0 Å². The fourth-order valence-electron chi connectivity index (χ4n) is 3.14. The first-order valence-electron chi connectivity index (χ1n) is 7.24. The SMILES string of the molecule is CC(C)C1CCN(C(c2ccccc2F)C(C)N)C1. The van der Waals surface area contributed by atoms with Gasteiger partial charge in [-0.1, -0.05) is 32.0 Å². The number of hydrogen-bond donors (Lipinski definition) is 1. The van der Waals surface area contributed by atoms with E-state index in [0.29, 0.717) is 11.8 Å². The molecule has 1 aromatic rings. The van der Waals surface area contributed by atoms with Gasteiger partial charge in [0, 0.05) is 18.2 Å². The van der Waals surface area contributed by atoms with Crippen LogP contribution in [0.3, 0.4) is 0 Å². The van der Waals surface area contributed by atoms with Gasteiger partial charge in [0.2, 0.25) is 0 Å². The standard InChI is InChI=1S/C16H25FN2/c1-11(2)13-8-9-19(10-13)16(12(3)18)14-6-4-5-7-15(14)17/h4-7,11-13,16H,8-10,18H2,1-3H3. The van der Waals surface area contributed by atoms with E-state index in [1.165, 1.54) is 12.5 Å². The molecule has 0 aromatic heterocycles. The molecule has 2 rings (SSSR count). The molecular formula is C16H25FN2. The maximum absolute atomic E-state index is 14.0. The summed E-state index contributed by atoms with van der Waals surface area (Å²) in [5.41, 5.74) is 6.87. The van der Waals surface area contributed by atoms with Gasteiger partial charge in [-0.05, 0) is 37.8 Å². The highest BCUT2D eigenvalue weighted by Crippen LogP contribution is 2.33. The summed E-state index contributed by atoms with van der Waals surface area (Å²) in [5, 5.41) is 0. The maximum atomic E-state index is 14.0. The second kappa shape index (κ2) is 6.02. The lowest BCUT2D eigenvalue weighted by Crippen LogP contribution is -2.39. The molecule has 106 valence electrons. The lowest BCUT2D eigenvalue weighted by molar-refractivity contribution is 0.200. The van der Waals surface area contributed by atoms with Gasteiger partial charge in [0.25, 0.3) is 0 Å². The van der Waals surface area contributed by atoms with Crippen LogP contribution in [0.15, 0.2) is 24.3 Å². The Balaban J connectivity index is 2.21. The highest BCUT2D eigenvalue weighted by molar-refractivity contribution is 5.23. The number of likely N-dealkylation sites (tertiary alicyclic amines) is 1. The average molecular weight is 264 g/mol. The summed E-state index contributed by atoms with van der Waals surface area (Å²) in [7, 11) is 0. The van der Waals surface area contributed by atoms with Crippen LogP contribution in [-0.2, 0) is 0 Å². The van der Waals surface area contributed by atoms with Crippen LogP contribution in [0.25, 0.3) is 0 Å². The zero-order chi connectivity index (χ0) is 14.0. The average Bonchev–Trinajstić information content (AvgIpc) is 2.81. The van der Waals surface area contributed by atoms with Gasteiger partial charge in [-0.15, -0.1) is 0 Å². The normalized spacial score (nSPS) is 23.8. The Kier molecular flexibility index (Phi) is 4.58. The van der Waals surface area contributed by atoms with Gasteiger partial charge in [0.05, 0.1) is 6.04 Å². The Morgan fingerprint density at radius 2 is 1.95 bits per heavy atom. The largest absolute Gasteiger partial charge is 0.326 e. The van der Waals surface area contributed by atoms with Crippen molar-refractivity contribution < 1.29 is 4.39 Å². The second-order valence-corrected chi connectivity index (χ2v) is 6.11. The minimum atomic E-state index is -0.141. The monoisotopic (exact) mass is 264 g/mol. The van der Waals surface area contributed by atoms with Crippen LogP contribution < -0.4 is 5.73 Å². The molecule has 1 saturated heterocycles. The van der Waals surface area contributed by atoms with Crippen LogP contribution in [0.5, 0.6) is 0 Å². The molecule has 1 aliphatic rings. The van der Waals surface area contributed by atoms with Crippen LogP contribution in [0.4, 0.5) is 4.39 Å². The fourth-order valence-corrected chi connectivity index (χ4v) is 3.14. The number of hydrogen-bond acceptors (Lipinski definition) is 2. The van der Waals surface area contributed by atoms with Crippen molar-refractivity contribution in [1.29, 1.82) is 0 Å². The Morgan fingerprint density at radius 3 is 2.47 bits per heavy atom. The molecular weight excluding hydrogens is 239 g/mol. The fraction of sp³-hybridized carbons (Fsp3) is 0.625. The van der Waals surface area contributed by atoms with Crippen molar-refractivity contribution in [2.75, 3.05) is 13.1 Å². The lowest BCUT2D eigenvalue weighted by atomic mass is 9.95. The molecule has 0 amide bonds. The summed E-state index contributed by atoms with van der Waals surface area (Å²) in [6.45, 7) is 8.54. The number of halogens is 1. The molecule has 1 aromatic carbocycles. The summed E-state index contributed by atoms with van der Waals surface area (Å²) in [6, 6.07) is 6.95. The highest BCUT2D eigenvalue weighted by atomic mass is 19.1. The Morgan fingerprint density at radius 1 is 1.26 bits per heavy atom. The highest BCUT2D eigenvalue weighted by Gasteiger charge is 2.33. The summed E-state index contributed by atoms with van der Waals surface area (Å²) >= 11 is 0. The van der Waals surface area contributed by atoms with E-state index in [1.807, 2.05) is 19.1 Å². The van der Waals surface area contributed by atoms with Crippen molar-refractivity contribution in [2.24, 2.45) is 17.6 Å². The third-order valence-electron chi connectivity index (χ3n) is 4.31. The lowest BCUT2D eigenvalue weighted by Gasteiger charge is -2.32. The first-order chi connectivity index (χ1) is 9.00. The van der Waals surface area contributed by atoms with Crippen LogP contribution in [-0.4, -0.2) is 24.0 Å². The van der Waals surface area contributed by atoms with Gasteiger partial charge in [-0.25, -0.2) is 4.39 Å². The van der Waals surface area contributed by atoms with E-state index in [-0.39, 0.29) is 17.9 Å². The van der Waals surface area contributed by atoms with E-state index in [4.69, 9.17) is 5.73 Å². The topological polar surface area (TPSA) is 29.3 Å². The van der Waals surface area contributed by atoms with Crippen LogP contribution in [0.2, 0.25) is 0 Å². The Bertz CT molecular complexity index is 417. The predicted molar refractivity (Wildman–Crippen MR) is 77.3 cm³/mol. The number of nitrogens with two attached hydrogens (primary N) is 1. The molecule has 0 radical (unpaired) electrons. The van der Waals surface area contributed by atoms with Crippen molar-refractivity contribution in [3.8, 4) is 0 Å². The molecule has 2 N–H and O–H groups in total. The molecule has 3 unspecified atom stereocenters. The molecule has 1 fully saturated rings. The molecule has 0 bridgehead atoms. The van der Waals surface area contributed by atoms with Gasteiger partial charge >= 0.3 is 0 Å². The van der Waals surface area contributed by atoms with Gasteiger partial charge in [-0.3, -0.25) is 4.90 Å². The predicted octanol–water partition coefficient (Wildman–Crippen LogP) is 3.19. The van der Waals surface area contributed by atoms with E-state index in [9.17, 15) is 4.39 Å². The molecule has 0 aliphatic carbocycles. The van der Waals surface area contributed by atoms with E-state index in [0.717, 1.165) is 18.7 Å². The van der Waals surface area contributed by atoms with E-state index < -0.39 is 0 Å². The first-order valence-corrected chi connectivity index (χ1v) is 7.24. The van der Waals surface area contributed by atoms with Crippen molar-refractivity contribution in [3.05, 3.63) is 35.6 Å². The molecule has 1 aliphatic heterocycles. The smallest absolute Gasteiger partial charge is 0.128 e. The van der Waals surface area contributed by atoms with Crippen molar-refractivity contribution in [2.45, 2.75) is 39.3 Å². The van der Waals surface area contributed by atoms with E-state index in [2.05, 4.69) is 18.7 Å². The van der Waals surface area contributed by atoms with Gasteiger partial charge in [0.1, 0.15) is 5.82 Å². The summed E-state index contributed by atoms with van der Waals surface area (Å²) in [6.07, 6.45) is 1.19. The summed E-state index contributed by atoms with van der Waals surface area (Å²) in [4.78, 5) is 2.35. The molecule has 2 nitrogen and oxygen atoms in total. The van der Waals surface area contributed by atoms with E-state index in [1.54, 1.807) is 6.07 Å². The molecule has 1 heterocycles. The van der Waals surface area contributed by atoms with Crippen molar-refractivity contribution >= 4 is 0 Å². The van der Waals surface area contributed by atoms with Crippen LogP contribution in [0.1, 0.15) is 38.8 Å². The molecule has 3 heteroatoms. The van der Waals surface area contributed by atoms with Crippen LogP contribution in [0, 0.1) is 17.7 Å². The summed E-state index contributed by atoms with van der Waals surface area (Å²) < 4.78 is 14.0. The van der Waals surface area contributed by atoms with Crippen molar-refractivity contribution in [1.82, 2.24) is 4.90 Å². The molecule has 3 atom stereocenters. The number of nitrogens with zero attached hydrogens (tertiary/aromatic N) is 1. The first kappa shape index (κ1) is 14.5. The summed E-state index contributed by atoms with van der Waals surface area (Å²) in [5.74, 6) is 1.24. The number of benzene rings is 1. The van der Waals surface area contributed by atoms with Gasteiger partial charge < -0.3 is 5.73 Å². The third kappa shape index (κ3) is 3.15. The third-order valence-corrected chi connectivity index (χ3v) is 4.31.